The second kappa shape index (κ2) is 6.02. The predicted octanol–water partition coefficient (Wildman–Crippen LogP) is 1.47. The number of fused-ring (bicyclic) bond motifs is 2. The van der Waals surface area contributed by atoms with Gasteiger partial charge in [0.1, 0.15) is 16.2 Å². The molecule has 3 aromatic heterocycles. The maximum Gasteiger partial charge on any atom is 0.309 e. The maximum atomic E-state index is 12.6. The first-order valence-corrected chi connectivity index (χ1v) is 8.20. The summed E-state index contributed by atoms with van der Waals surface area (Å²) in [4.78, 5) is 36.3. The summed E-state index contributed by atoms with van der Waals surface area (Å²) in [7, 11) is 0. The molecule has 0 aliphatic rings. The van der Waals surface area contributed by atoms with Gasteiger partial charge in [-0.25, -0.2) is 14.6 Å². The number of carboxylic acids is 1. The fourth-order valence-electron chi connectivity index (χ4n) is 2.55. The number of hydrogen-bond donors (Lipinski definition) is 1. The van der Waals surface area contributed by atoms with Gasteiger partial charge >= 0.3 is 5.97 Å². The highest BCUT2D eigenvalue weighted by molar-refractivity contribution is 7.18. The third kappa shape index (κ3) is 2.85. The van der Waals surface area contributed by atoms with Crippen molar-refractivity contribution in [1.82, 2.24) is 24.7 Å². The lowest BCUT2D eigenvalue weighted by Crippen LogP contribution is -2.27. The molecule has 0 aliphatic heterocycles. The number of nitrogens with zero attached hydrogens (tertiary/aromatic N) is 5. The third-order valence-corrected chi connectivity index (χ3v) is 4.61. The second-order valence-electron chi connectivity index (χ2n) is 5.31. The molecule has 0 saturated heterocycles. The van der Waals surface area contributed by atoms with Gasteiger partial charge < -0.3 is 5.11 Å². The van der Waals surface area contributed by atoms with Crippen LogP contribution in [-0.2, 0) is 17.8 Å². The van der Waals surface area contributed by atoms with Crippen molar-refractivity contribution in [3.63, 3.8) is 0 Å². The van der Waals surface area contributed by atoms with Crippen molar-refractivity contribution < 1.29 is 9.90 Å². The molecule has 0 spiro atoms. The van der Waals surface area contributed by atoms with E-state index in [0.717, 1.165) is 10.2 Å². The Hall–Kier alpha value is -3.20. The van der Waals surface area contributed by atoms with Gasteiger partial charge in [-0.05, 0) is 12.1 Å². The number of aliphatic carboxylic acids is 1. The van der Waals surface area contributed by atoms with Crippen LogP contribution in [0.5, 0.6) is 0 Å². The van der Waals surface area contributed by atoms with Crippen molar-refractivity contribution in [3.8, 4) is 0 Å². The maximum absolute atomic E-state index is 12.6. The molecule has 0 radical (unpaired) electrons. The molecular weight excluding hydrogens is 342 g/mol. The first-order chi connectivity index (χ1) is 12.1. The third-order valence-electron chi connectivity index (χ3n) is 3.59. The van der Waals surface area contributed by atoms with Gasteiger partial charge in [0.25, 0.3) is 5.56 Å². The van der Waals surface area contributed by atoms with Crippen LogP contribution >= 0.6 is 11.3 Å². The quantitative estimate of drug-likeness (QED) is 0.591. The molecule has 0 aliphatic carbocycles. The van der Waals surface area contributed by atoms with Crippen molar-refractivity contribution in [2.24, 2.45) is 0 Å². The molecule has 3 heterocycles. The normalized spacial score (nSPS) is 11.2. The van der Waals surface area contributed by atoms with Gasteiger partial charge in [-0.1, -0.05) is 12.1 Å². The SMILES string of the molecule is O=C(O)Cc1nn(Cc2nc3ccccc3s2)c(=O)c2nccnc12. The predicted molar refractivity (Wildman–Crippen MR) is 91.7 cm³/mol. The summed E-state index contributed by atoms with van der Waals surface area (Å²) in [6.07, 6.45) is 2.47. The summed E-state index contributed by atoms with van der Waals surface area (Å²) in [6.45, 7) is 0.150. The average molecular weight is 353 g/mol. The highest BCUT2D eigenvalue weighted by atomic mass is 32.1. The van der Waals surface area contributed by atoms with Crippen molar-refractivity contribution in [2.45, 2.75) is 13.0 Å². The highest BCUT2D eigenvalue weighted by Crippen LogP contribution is 2.22. The first-order valence-electron chi connectivity index (χ1n) is 7.39. The van der Waals surface area contributed by atoms with E-state index in [2.05, 4.69) is 20.1 Å². The number of aromatic nitrogens is 5. The van der Waals surface area contributed by atoms with Crippen molar-refractivity contribution >= 4 is 38.6 Å². The Labute approximate surface area is 144 Å². The number of para-hydroxylation sites is 1. The number of carboxylic acid groups (broad SMARTS) is 1. The van der Waals surface area contributed by atoms with E-state index in [1.807, 2.05) is 24.3 Å². The Morgan fingerprint density at radius 3 is 2.68 bits per heavy atom. The fraction of sp³-hybridized carbons (Fsp3) is 0.125. The summed E-state index contributed by atoms with van der Waals surface area (Å²) in [6, 6.07) is 7.67. The number of carbonyl (C=O) groups is 1. The molecule has 25 heavy (non-hydrogen) atoms. The van der Waals surface area contributed by atoms with E-state index >= 15 is 0 Å². The zero-order valence-electron chi connectivity index (χ0n) is 12.8. The lowest BCUT2D eigenvalue weighted by atomic mass is 10.2. The van der Waals surface area contributed by atoms with Gasteiger partial charge in [-0.2, -0.15) is 5.10 Å². The summed E-state index contributed by atoms with van der Waals surface area (Å²) < 4.78 is 2.21. The molecule has 1 N–H and O–H groups in total. The van der Waals surface area contributed by atoms with Gasteiger partial charge in [-0.3, -0.25) is 14.6 Å². The second-order valence-corrected chi connectivity index (χ2v) is 6.42. The summed E-state index contributed by atoms with van der Waals surface area (Å²) in [5.74, 6) is -1.05. The van der Waals surface area contributed by atoms with Crippen LogP contribution in [0.2, 0.25) is 0 Å². The fourth-order valence-corrected chi connectivity index (χ4v) is 3.50. The molecule has 124 valence electrons. The lowest BCUT2D eigenvalue weighted by molar-refractivity contribution is -0.136. The van der Waals surface area contributed by atoms with E-state index in [1.54, 1.807) is 0 Å². The number of hydrogen-bond acceptors (Lipinski definition) is 7. The molecule has 1 aromatic carbocycles. The van der Waals surface area contributed by atoms with E-state index in [0.29, 0.717) is 5.01 Å². The Balaban J connectivity index is 1.84. The van der Waals surface area contributed by atoms with E-state index in [-0.39, 0.29) is 29.7 Å². The van der Waals surface area contributed by atoms with Gasteiger partial charge in [-0.15, -0.1) is 11.3 Å². The minimum absolute atomic E-state index is 0.106. The smallest absolute Gasteiger partial charge is 0.309 e. The Morgan fingerprint density at radius 1 is 1.16 bits per heavy atom. The summed E-state index contributed by atoms with van der Waals surface area (Å²) in [5, 5.41) is 14.0. The van der Waals surface area contributed by atoms with Crippen LogP contribution in [0, 0.1) is 0 Å². The number of benzene rings is 1. The summed E-state index contributed by atoms with van der Waals surface area (Å²) >= 11 is 1.46. The van der Waals surface area contributed by atoms with E-state index < -0.39 is 11.5 Å². The van der Waals surface area contributed by atoms with E-state index in [4.69, 9.17) is 5.11 Å². The largest absolute Gasteiger partial charge is 0.481 e. The average Bonchev–Trinajstić information content (AvgIpc) is 3.01. The van der Waals surface area contributed by atoms with Gasteiger partial charge in [0.2, 0.25) is 0 Å². The zero-order valence-corrected chi connectivity index (χ0v) is 13.6. The summed E-state index contributed by atoms with van der Waals surface area (Å²) in [5.41, 5.74) is 0.958. The van der Waals surface area contributed by atoms with Crippen molar-refractivity contribution in [3.05, 3.63) is 57.7 Å². The monoisotopic (exact) mass is 353 g/mol. The molecule has 8 nitrogen and oxygen atoms in total. The van der Waals surface area contributed by atoms with Gasteiger partial charge in [0.15, 0.2) is 5.52 Å². The lowest BCUT2D eigenvalue weighted by Gasteiger charge is -2.07. The van der Waals surface area contributed by atoms with E-state index in [1.165, 1.54) is 28.4 Å². The molecule has 9 heteroatoms. The van der Waals surface area contributed by atoms with Gasteiger partial charge in [0, 0.05) is 12.4 Å². The minimum atomic E-state index is -1.05. The van der Waals surface area contributed by atoms with Crippen LogP contribution in [0.15, 0.2) is 41.5 Å². The molecule has 0 bridgehead atoms. The molecule has 0 saturated carbocycles. The van der Waals surface area contributed by atoms with Crippen LogP contribution in [0.3, 0.4) is 0 Å². The minimum Gasteiger partial charge on any atom is -0.481 e. The molecule has 4 aromatic rings. The topological polar surface area (TPSA) is 111 Å². The molecule has 0 fully saturated rings. The Kier molecular flexibility index (Phi) is 3.69. The van der Waals surface area contributed by atoms with Crippen LogP contribution in [-0.4, -0.2) is 35.8 Å². The van der Waals surface area contributed by atoms with Crippen LogP contribution in [0.4, 0.5) is 0 Å². The highest BCUT2D eigenvalue weighted by Gasteiger charge is 2.16. The standard InChI is InChI=1S/C16H11N5O3S/c22-13(23)7-10-14-15(18-6-5-17-14)16(24)21(20-10)8-12-19-9-3-1-2-4-11(9)25-12/h1-6H,7-8H2,(H,22,23). The molecular formula is C16H11N5O3S. The number of rotatable bonds is 4. The van der Waals surface area contributed by atoms with Crippen molar-refractivity contribution in [1.29, 1.82) is 0 Å². The molecule has 0 amide bonds. The van der Waals surface area contributed by atoms with E-state index in [9.17, 15) is 9.59 Å². The van der Waals surface area contributed by atoms with Crippen molar-refractivity contribution in [2.75, 3.05) is 0 Å². The molecule has 0 atom stereocenters. The van der Waals surface area contributed by atoms with Crippen LogP contribution < -0.4 is 5.56 Å². The first kappa shape index (κ1) is 15.3. The molecule has 0 unspecified atom stereocenters. The zero-order chi connectivity index (χ0) is 17.4. The Bertz CT molecular complexity index is 1130. The van der Waals surface area contributed by atoms with Gasteiger partial charge in [0.05, 0.1) is 23.2 Å². The van der Waals surface area contributed by atoms with Crippen LogP contribution in [0.25, 0.3) is 21.3 Å². The Morgan fingerprint density at radius 2 is 1.92 bits per heavy atom. The molecule has 4 rings (SSSR count). The van der Waals surface area contributed by atoms with Crippen LogP contribution in [0.1, 0.15) is 10.7 Å². The number of thiazole rings is 1.